The van der Waals surface area contributed by atoms with Crippen LogP contribution in [0.25, 0.3) is 0 Å². The molecule has 0 heterocycles. The summed E-state index contributed by atoms with van der Waals surface area (Å²) in [5.74, 6) is 1.39. The third-order valence-electron chi connectivity index (χ3n) is 6.55. The van der Waals surface area contributed by atoms with Gasteiger partial charge in [0.2, 0.25) is 0 Å². The van der Waals surface area contributed by atoms with Gasteiger partial charge in [0.05, 0.1) is 12.2 Å². The molecule has 1 saturated carbocycles. The Labute approximate surface area is 163 Å². The first kappa shape index (κ1) is 23.9. The summed E-state index contributed by atoms with van der Waals surface area (Å²) in [4.78, 5) is 0. The molecule has 1 aliphatic rings. The van der Waals surface area contributed by atoms with Crippen LogP contribution in [0.2, 0.25) is 18.1 Å². The molecule has 0 aromatic rings. The van der Waals surface area contributed by atoms with E-state index in [2.05, 4.69) is 60.7 Å². The van der Waals surface area contributed by atoms with Crippen LogP contribution in [0.1, 0.15) is 67.2 Å². The average molecular weight is 385 g/mol. The third-order valence-corrected chi connectivity index (χ3v) is 11.0. The predicted molar refractivity (Wildman–Crippen MR) is 114 cm³/mol. The number of aliphatic hydroxyl groups is 1. The highest BCUT2D eigenvalue weighted by Crippen LogP contribution is 2.41. The maximum Gasteiger partial charge on any atom is 0.191 e. The molecule has 4 atom stereocenters. The molecular formula is C22H44O3Si. The molecule has 0 spiro atoms. The highest BCUT2D eigenvalue weighted by Gasteiger charge is 2.42. The first-order valence-corrected chi connectivity index (χ1v) is 13.3. The third kappa shape index (κ3) is 6.47. The predicted octanol–water partition coefficient (Wildman–Crippen LogP) is 5.79. The van der Waals surface area contributed by atoms with Gasteiger partial charge in [0.1, 0.15) is 0 Å². The molecule has 154 valence electrons. The Kier molecular flexibility index (Phi) is 9.05. The van der Waals surface area contributed by atoms with Crippen LogP contribution in [0.3, 0.4) is 0 Å². The molecule has 1 rings (SSSR count). The van der Waals surface area contributed by atoms with Crippen LogP contribution in [0.5, 0.6) is 0 Å². The zero-order chi connectivity index (χ0) is 20.1. The summed E-state index contributed by atoms with van der Waals surface area (Å²) in [5.41, 5.74) is 1.36. The molecule has 1 aliphatic carbocycles. The number of aliphatic hydroxyl groups excluding tert-OH is 1. The maximum atomic E-state index is 10.5. The Morgan fingerprint density at radius 1 is 1.23 bits per heavy atom. The Morgan fingerprint density at radius 2 is 1.85 bits per heavy atom. The summed E-state index contributed by atoms with van der Waals surface area (Å²) in [6.07, 6.45) is 6.00. The van der Waals surface area contributed by atoms with Gasteiger partial charge in [-0.3, -0.25) is 0 Å². The fraction of sp³-hybridized carbons (Fsp3) is 0.909. The zero-order valence-corrected chi connectivity index (χ0v) is 19.8. The normalized spacial score (nSPS) is 28.7. The first-order valence-electron chi connectivity index (χ1n) is 10.4. The van der Waals surface area contributed by atoms with E-state index in [4.69, 9.17) is 9.16 Å². The summed E-state index contributed by atoms with van der Waals surface area (Å²) in [7, 11) is -0.0300. The smallest absolute Gasteiger partial charge is 0.191 e. The fourth-order valence-corrected chi connectivity index (χ4v) is 4.73. The van der Waals surface area contributed by atoms with Gasteiger partial charge < -0.3 is 14.3 Å². The second-order valence-corrected chi connectivity index (χ2v) is 14.9. The number of allylic oxidation sites excluding steroid dienone is 1. The minimum atomic E-state index is -1.77. The van der Waals surface area contributed by atoms with Crippen molar-refractivity contribution in [1.82, 2.24) is 0 Å². The molecular weight excluding hydrogens is 340 g/mol. The van der Waals surface area contributed by atoms with Crippen molar-refractivity contribution in [2.45, 2.75) is 97.6 Å². The zero-order valence-electron chi connectivity index (χ0n) is 18.8. The van der Waals surface area contributed by atoms with Crippen LogP contribution < -0.4 is 0 Å². The van der Waals surface area contributed by atoms with E-state index in [0.717, 1.165) is 25.9 Å². The lowest BCUT2D eigenvalue weighted by molar-refractivity contribution is -0.0846. The van der Waals surface area contributed by atoms with Crippen molar-refractivity contribution in [2.75, 3.05) is 13.7 Å². The molecule has 0 saturated heterocycles. The molecule has 0 unspecified atom stereocenters. The van der Waals surface area contributed by atoms with Gasteiger partial charge in [-0.25, -0.2) is 0 Å². The van der Waals surface area contributed by atoms with Gasteiger partial charge in [-0.05, 0) is 62.6 Å². The molecule has 1 N–H and O–H groups in total. The van der Waals surface area contributed by atoms with E-state index >= 15 is 0 Å². The summed E-state index contributed by atoms with van der Waals surface area (Å²) in [6.45, 7) is 19.0. The number of rotatable bonds is 8. The van der Waals surface area contributed by atoms with E-state index in [-0.39, 0.29) is 23.2 Å². The van der Waals surface area contributed by atoms with Gasteiger partial charge in [0.15, 0.2) is 8.32 Å². The number of hydrogen-bond acceptors (Lipinski definition) is 3. The molecule has 0 aromatic carbocycles. The summed E-state index contributed by atoms with van der Waals surface area (Å²) in [5, 5.41) is 10.7. The lowest BCUT2D eigenvalue weighted by Crippen LogP contribution is -2.48. The largest absolute Gasteiger partial charge is 0.417 e. The molecule has 0 aliphatic heterocycles. The molecule has 0 amide bonds. The van der Waals surface area contributed by atoms with Gasteiger partial charge in [0, 0.05) is 19.6 Å². The molecule has 0 aromatic heterocycles. The van der Waals surface area contributed by atoms with Crippen LogP contribution in [0.4, 0.5) is 0 Å². The van der Waals surface area contributed by atoms with Crippen molar-refractivity contribution >= 4 is 8.32 Å². The van der Waals surface area contributed by atoms with Gasteiger partial charge in [-0.1, -0.05) is 46.3 Å². The Morgan fingerprint density at radius 3 is 2.35 bits per heavy atom. The summed E-state index contributed by atoms with van der Waals surface area (Å²) < 4.78 is 12.3. The highest BCUT2D eigenvalue weighted by atomic mass is 28.4. The van der Waals surface area contributed by atoms with E-state index in [0.29, 0.717) is 11.8 Å². The van der Waals surface area contributed by atoms with Gasteiger partial charge in [-0.15, -0.1) is 0 Å². The quantitative estimate of drug-likeness (QED) is 0.425. The van der Waals surface area contributed by atoms with Crippen molar-refractivity contribution in [3.8, 4) is 0 Å². The van der Waals surface area contributed by atoms with Crippen molar-refractivity contribution in [2.24, 2.45) is 17.8 Å². The maximum absolute atomic E-state index is 10.5. The van der Waals surface area contributed by atoms with Crippen LogP contribution in [-0.2, 0) is 9.16 Å². The van der Waals surface area contributed by atoms with Crippen LogP contribution in [0, 0.1) is 17.8 Å². The van der Waals surface area contributed by atoms with Crippen LogP contribution >= 0.6 is 0 Å². The SMILES string of the molecule is CO[C@H]1[C@H](/C(C)=C/CCC(C)C)[C@@H](CO[Si](C)(C)C(C)(C)C)CC[C@H]1O. The van der Waals surface area contributed by atoms with Crippen molar-refractivity contribution < 1.29 is 14.3 Å². The van der Waals surface area contributed by atoms with Crippen LogP contribution in [-0.4, -0.2) is 39.3 Å². The average Bonchev–Trinajstić information content (AvgIpc) is 2.51. The van der Waals surface area contributed by atoms with Gasteiger partial charge >= 0.3 is 0 Å². The lowest BCUT2D eigenvalue weighted by Gasteiger charge is -2.43. The minimum absolute atomic E-state index is 0.118. The number of methoxy groups -OCH3 is 1. The molecule has 26 heavy (non-hydrogen) atoms. The molecule has 0 bridgehead atoms. The fourth-order valence-electron chi connectivity index (χ4n) is 3.67. The first-order chi connectivity index (χ1) is 11.9. The van der Waals surface area contributed by atoms with Crippen molar-refractivity contribution in [3.63, 3.8) is 0 Å². The lowest BCUT2D eigenvalue weighted by atomic mass is 9.72. The number of ether oxygens (including phenoxy) is 1. The Balaban J connectivity index is 2.92. The second-order valence-electron chi connectivity index (χ2n) is 10.1. The van der Waals surface area contributed by atoms with E-state index in [1.165, 1.54) is 12.0 Å². The Hall–Kier alpha value is -0.163. The molecule has 0 radical (unpaired) electrons. The molecule has 3 nitrogen and oxygen atoms in total. The van der Waals surface area contributed by atoms with E-state index in [9.17, 15) is 5.11 Å². The van der Waals surface area contributed by atoms with E-state index in [1.807, 2.05) is 0 Å². The Bertz CT molecular complexity index is 451. The van der Waals surface area contributed by atoms with Crippen LogP contribution in [0.15, 0.2) is 11.6 Å². The second kappa shape index (κ2) is 9.86. The topological polar surface area (TPSA) is 38.7 Å². The van der Waals surface area contributed by atoms with Crippen molar-refractivity contribution in [3.05, 3.63) is 11.6 Å². The monoisotopic (exact) mass is 384 g/mol. The van der Waals surface area contributed by atoms with Gasteiger partial charge in [-0.2, -0.15) is 0 Å². The van der Waals surface area contributed by atoms with Gasteiger partial charge in [0.25, 0.3) is 0 Å². The number of hydrogen-bond donors (Lipinski definition) is 1. The summed E-state index contributed by atoms with van der Waals surface area (Å²) >= 11 is 0. The standard InChI is InChI=1S/C22H44O3Si/c1-16(2)11-10-12-17(3)20-18(13-14-19(23)21(20)24-7)15-25-26(8,9)22(4,5)6/h12,16,18-21,23H,10-11,13-15H2,1-9H3/b17-12+/t18-,19-,20-,21-/m1/s1. The summed E-state index contributed by atoms with van der Waals surface area (Å²) in [6, 6.07) is 0. The van der Waals surface area contributed by atoms with Crippen molar-refractivity contribution in [1.29, 1.82) is 0 Å². The molecule has 4 heteroatoms. The van der Waals surface area contributed by atoms with E-state index in [1.54, 1.807) is 7.11 Å². The van der Waals surface area contributed by atoms with E-state index < -0.39 is 8.32 Å². The molecule has 1 fully saturated rings. The minimum Gasteiger partial charge on any atom is -0.417 e. The highest BCUT2D eigenvalue weighted by molar-refractivity contribution is 6.74.